The van der Waals surface area contributed by atoms with Crippen molar-refractivity contribution in [3.63, 3.8) is 0 Å². The Morgan fingerprint density at radius 2 is 2.00 bits per heavy atom. The second-order valence-electron chi connectivity index (χ2n) is 8.47. The van der Waals surface area contributed by atoms with E-state index in [1.54, 1.807) is 0 Å². The largest absolute Gasteiger partial charge is 0.376 e. The first-order valence-electron chi connectivity index (χ1n) is 11.4. The van der Waals surface area contributed by atoms with Gasteiger partial charge in [-0.15, -0.1) is 0 Å². The number of anilines is 2. The first-order chi connectivity index (χ1) is 16.5. The highest BCUT2D eigenvalue weighted by molar-refractivity contribution is 5.98. The first kappa shape index (κ1) is 21.9. The molecule has 0 bridgehead atoms. The fourth-order valence-electron chi connectivity index (χ4n) is 4.33. The third-order valence-corrected chi connectivity index (χ3v) is 6.13. The molecule has 1 amide bonds. The number of amides is 1. The van der Waals surface area contributed by atoms with Crippen LogP contribution in [0.3, 0.4) is 0 Å². The van der Waals surface area contributed by atoms with Crippen molar-refractivity contribution in [3.8, 4) is 5.95 Å². The second kappa shape index (κ2) is 9.11. The van der Waals surface area contributed by atoms with E-state index in [0.717, 1.165) is 46.0 Å². The van der Waals surface area contributed by atoms with Crippen LogP contribution in [0.15, 0.2) is 61.2 Å². The molecule has 4 aromatic rings. The number of carbonyl (C=O) groups is 1. The molecule has 34 heavy (non-hydrogen) atoms. The van der Waals surface area contributed by atoms with Crippen molar-refractivity contribution >= 4 is 28.3 Å². The molecule has 0 saturated carbocycles. The van der Waals surface area contributed by atoms with Crippen LogP contribution in [0.4, 0.5) is 11.5 Å². The maximum absolute atomic E-state index is 11.5. The van der Waals surface area contributed by atoms with E-state index in [0.29, 0.717) is 25.7 Å². The molecule has 7 nitrogen and oxygen atoms in total. The smallest absolute Gasteiger partial charge is 0.247 e. The van der Waals surface area contributed by atoms with Gasteiger partial charge in [0.2, 0.25) is 11.9 Å². The second-order valence-corrected chi connectivity index (χ2v) is 8.47. The van der Waals surface area contributed by atoms with Gasteiger partial charge in [-0.25, -0.2) is 4.98 Å². The number of aryl methyl sites for hydroxylation is 2. The summed E-state index contributed by atoms with van der Waals surface area (Å²) in [6, 6.07) is 16.2. The minimum absolute atomic E-state index is 0.228. The summed E-state index contributed by atoms with van der Waals surface area (Å²) in [4.78, 5) is 21.4. The topological polar surface area (TPSA) is 81.1 Å². The minimum atomic E-state index is -0.228. The Morgan fingerprint density at radius 1 is 1.18 bits per heavy atom. The Balaban J connectivity index is 1.47. The van der Waals surface area contributed by atoms with Crippen molar-refractivity contribution < 1.29 is 9.53 Å². The Labute approximate surface area is 198 Å². The number of nitrogens with one attached hydrogen (secondary N) is 2. The van der Waals surface area contributed by atoms with Crippen LogP contribution in [0.2, 0.25) is 0 Å². The van der Waals surface area contributed by atoms with Gasteiger partial charge in [0.25, 0.3) is 0 Å². The zero-order valence-electron chi connectivity index (χ0n) is 19.4. The normalized spacial score (nSPS) is 12.9. The Hall–Kier alpha value is -3.97. The number of aromatic nitrogens is 3. The molecule has 2 aromatic heterocycles. The number of benzene rings is 2. The van der Waals surface area contributed by atoms with E-state index in [4.69, 9.17) is 14.7 Å². The van der Waals surface area contributed by atoms with Crippen LogP contribution in [0.25, 0.3) is 16.9 Å². The molecule has 3 heterocycles. The van der Waals surface area contributed by atoms with Crippen LogP contribution < -0.4 is 10.6 Å². The lowest BCUT2D eigenvalue weighted by Crippen LogP contribution is -2.19. The van der Waals surface area contributed by atoms with Gasteiger partial charge in [0.15, 0.2) is 0 Å². The van der Waals surface area contributed by atoms with Gasteiger partial charge in [0, 0.05) is 35.3 Å². The van der Waals surface area contributed by atoms with Gasteiger partial charge >= 0.3 is 0 Å². The van der Waals surface area contributed by atoms with E-state index in [1.165, 1.54) is 17.0 Å². The van der Waals surface area contributed by atoms with E-state index in [2.05, 4.69) is 59.9 Å². The van der Waals surface area contributed by atoms with Crippen LogP contribution >= 0.6 is 0 Å². The van der Waals surface area contributed by atoms with Crippen LogP contribution in [0, 0.1) is 13.8 Å². The highest BCUT2D eigenvalue weighted by Gasteiger charge is 2.20. The number of hydrogen-bond acceptors (Lipinski definition) is 5. The summed E-state index contributed by atoms with van der Waals surface area (Å²) in [5.74, 6) is 1.23. The molecule has 0 saturated heterocycles. The molecular formula is C27H27N5O2. The van der Waals surface area contributed by atoms with Gasteiger partial charge in [-0.2, -0.15) is 4.98 Å². The lowest BCUT2D eigenvalue weighted by molar-refractivity contribution is -0.111. The van der Waals surface area contributed by atoms with E-state index in [-0.39, 0.29) is 5.91 Å². The van der Waals surface area contributed by atoms with E-state index < -0.39 is 0 Å². The van der Waals surface area contributed by atoms with Gasteiger partial charge in [-0.1, -0.05) is 30.8 Å². The molecule has 2 aromatic carbocycles. The van der Waals surface area contributed by atoms with Crippen molar-refractivity contribution in [2.75, 3.05) is 17.2 Å². The third-order valence-electron chi connectivity index (χ3n) is 6.13. The molecule has 0 radical (unpaired) electrons. The number of fused-ring (bicyclic) bond motifs is 2. The molecule has 0 unspecified atom stereocenters. The minimum Gasteiger partial charge on any atom is -0.376 e. The summed E-state index contributed by atoms with van der Waals surface area (Å²) >= 11 is 0. The van der Waals surface area contributed by atoms with Gasteiger partial charge in [0.05, 0.1) is 24.4 Å². The zero-order valence-corrected chi connectivity index (χ0v) is 19.4. The third kappa shape index (κ3) is 4.18. The van der Waals surface area contributed by atoms with Gasteiger partial charge < -0.3 is 15.4 Å². The van der Waals surface area contributed by atoms with Gasteiger partial charge in [-0.05, 0) is 55.3 Å². The van der Waals surface area contributed by atoms with Crippen LogP contribution in [-0.2, 0) is 29.1 Å². The monoisotopic (exact) mass is 453 g/mol. The average molecular weight is 454 g/mol. The van der Waals surface area contributed by atoms with Crippen LogP contribution in [-0.4, -0.2) is 27.0 Å². The Bertz CT molecular complexity index is 1390. The maximum Gasteiger partial charge on any atom is 0.247 e. The van der Waals surface area contributed by atoms with Crippen molar-refractivity contribution in [2.45, 2.75) is 33.4 Å². The fraction of sp³-hybridized carbons (Fsp3) is 0.222. The summed E-state index contributed by atoms with van der Waals surface area (Å²) in [5, 5.41) is 7.47. The molecule has 1 aliphatic rings. The molecule has 1 aliphatic heterocycles. The molecule has 7 heteroatoms. The van der Waals surface area contributed by atoms with Crippen molar-refractivity contribution in [3.05, 3.63) is 89.3 Å². The highest BCUT2D eigenvalue weighted by atomic mass is 16.5. The molecule has 5 rings (SSSR count). The number of rotatable bonds is 6. The molecule has 0 fully saturated rings. The lowest BCUT2D eigenvalue weighted by atomic mass is 10.1. The van der Waals surface area contributed by atoms with E-state index >= 15 is 0 Å². The number of nitrogens with zero attached hydrogens (tertiary/aromatic N) is 3. The summed E-state index contributed by atoms with van der Waals surface area (Å²) < 4.78 is 7.84. The van der Waals surface area contributed by atoms with E-state index in [1.807, 2.05) is 24.3 Å². The lowest BCUT2D eigenvalue weighted by Gasteiger charge is -2.21. The summed E-state index contributed by atoms with van der Waals surface area (Å²) in [5.41, 5.74) is 7.27. The summed E-state index contributed by atoms with van der Waals surface area (Å²) in [6.07, 6.45) is 2.01. The molecule has 0 aliphatic carbocycles. The van der Waals surface area contributed by atoms with Gasteiger partial charge in [-0.3, -0.25) is 9.36 Å². The van der Waals surface area contributed by atoms with Crippen molar-refractivity contribution in [1.29, 1.82) is 0 Å². The molecule has 0 spiro atoms. The van der Waals surface area contributed by atoms with Crippen molar-refractivity contribution in [1.82, 2.24) is 14.5 Å². The van der Waals surface area contributed by atoms with Gasteiger partial charge in [0.1, 0.15) is 5.82 Å². The standard InChI is InChI=1S/C27H27N5O2/c1-4-25(33)29-20-10-8-19(9-11-20)15-28-26-22-16-34-13-12-23(22)30-27(31-26)32-18(3)14-21-17(2)6-5-7-24(21)32/h4-11,14H,1,12-13,15-16H2,2-3H3,(H,29,33)(H,28,30,31). The quantitative estimate of drug-likeness (QED) is 0.408. The van der Waals surface area contributed by atoms with Crippen molar-refractivity contribution in [2.24, 2.45) is 0 Å². The Kier molecular flexibility index (Phi) is 5.86. The predicted molar refractivity (Wildman–Crippen MR) is 134 cm³/mol. The zero-order chi connectivity index (χ0) is 23.7. The number of carbonyl (C=O) groups excluding carboxylic acids is 1. The van der Waals surface area contributed by atoms with Crippen LogP contribution in [0.1, 0.15) is 28.1 Å². The van der Waals surface area contributed by atoms with E-state index in [9.17, 15) is 4.79 Å². The van der Waals surface area contributed by atoms with Crippen LogP contribution in [0.5, 0.6) is 0 Å². The number of ether oxygens (including phenoxy) is 1. The SMILES string of the molecule is C=CC(=O)Nc1ccc(CNc2nc(-n3c(C)cc4c(C)cccc43)nc3c2COCC3)cc1. The molecular weight excluding hydrogens is 426 g/mol. The summed E-state index contributed by atoms with van der Waals surface area (Å²) in [6.45, 7) is 9.43. The Morgan fingerprint density at radius 3 is 2.79 bits per heavy atom. The first-order valence-corrected chi connectivity index (χ1v) is 11.4. The maximum atomic E-state index is 11.5. The molecule has 2 N–H and O–H groups in total. The summed E-state index contributed by atoms with van der Waals surface area (Å²) in [7, 11) is 0. The highest BCUT2D eigenvalue weighted by Crippen LogP contribution is 2.29. The molecule has 0 atom stereocenters. The molecule has 172 valence electrons. The predicted octanol–water partition coefficient (Wildman–Crippen LogP) is 4.85. The average Bonchev–Trinajstić information content (AvgIpc) is 3.20. The fourth-order valence-corrected chi connectivity index (χ4v) is 4.33. The number of hydrogen-bond donors (Lipinski definition) is 2.